The predicted octanol–water partition coefficient (Wildman–Crippen LogP) is 1.39. The van der Waals surface area contributed by atoms with Gasteiger partial charge in [-0.05, 0) is 11.1 Å². The molecule has 1 radical (unpaired) electrons. The zero-order valence-corrected chi connectivity index (χ0v) is 7.07. The van der Waals surface area contributed by atoms with Crippen LogP contribution in [0, 0.1) is 11.5 Å². The normalized spacial score (nSPS) is 14.5. The molecule has 1 aliphatic rings. The van der Waals surface area contributed by atoms with Gasteiger partial charge in [0.15, 0.2) is 6.34 Å². The largest absolute Gasteiger partial charge is 0.344 e. The highest BCUT2D eigenvalue weighted by Gasteiger charge is 2.15. The number of benzene rings is 1. The molecule has 1 aliphatic heterocycles. The second-order valence-electron chi connectivity index (χ2n) is 2.94. The summed E-state index contributed by atoms with van der Waals surface area (Å²) in [5.41, 5.74) is 2.59. The molecule has 0 saturated heterocycles. The number of nitrogens with zero attached hydrogens (tertiary/aromatic N) is 3. The van der Waals surface area contributed by atoms with Gasteiger partial charge in [0, 0.05) is 13.1 Å². The first-order chi connectivity index (χ1) is 6.40. The molecule has 0 unspecified atom stereocenters. The summed E-state index contributed by atoms with van der Waals surface area (Å²) in [6, 6.07) is 8.21. The van der Waals surface area contributed by atoms with Gasteiger partial charge < -0.3 is 4.90 Å². The number of aliphatic imine (C=N–C) groups is 1. The van der Waals surface area contributed by atoms with Gasteiger partial charge in [0.25, 0.3) is 0 Å². The second kappa shape index (κ2) is 3.28. The van der Waals surface area contributed by atoms with Crippen LogP contribution < -0.4 is 0 Å². The van der Waals surface area contributed by atoms with Gasteiger partial charge in [-0.1, -0.05) is 24.3 Å². The van der Waals surface area contributed by atoms with Crippen molar-refractivity contribution in [3.05, 3.63) is 35.4 Å². The molecule has 0 bridgehead atoms. The third kappa shape index (κ3) is 1.52. The molecule has 0 spiro atoms. The third-order valence-corrected chi connectivity index (χ3v) is 2.08. The van der Waals surface area contributed by atoms with E-state index in [9.17, 15) is 0 Å². The van der Waals surface area contributed by atoms with Crippen molar-refractivity contribution in [3.8, 4) is 6.19 Å². The van der Waals surface area contributed by atoms with Gasteiger partial charge in [0.05, 0.1) is 0 Å². The molecule has 3 nitrogen and oxygen atoms in total. The fourth-order valence-corrected chi connectivity index (χ4v) is 1.50. The van der Waals surface area contributed by atoms with Gasteiger partial charge in [-0.2, -0.15) is 10.3 Å². The molecule has 63 valence electrons. The van der Waals surface area contributed by atoms with Crippen molar-refractivity contribution in [1.82, 2.24) is 4.90 Å². The van der Waals surface area contributed by atoms with E-state index in [1.165, 1.54) is 11.1 Å². The Morgan fingerprint density at radius 2 is 1.85 bits per heavy atom. The summed E-state index contributed by atoms with van der Waals surface area (Å²) in [6.07, 6.45) is 4.37. The third-order valence-electron chi connectivity index (χ3n) is 2.08. The minimum Gasteiger partial charge on any atom is -0.344 e. The average Bonchev–Trinajstić information content (AvgIpc) is 2.57. The number of fused-ring (bicyclic) bond motifs is 1. The van der Waals surface area contributed by atoms with Gasteiger partial charge in [-0.25, -0.2) is 0 Å². The van der Waals surface area contributed by atoms with Gasteiger partial charge in [-0.15, -0.1) is 0 Å². The van der Waals surface area contributed by atoms with Crippen LogP contribution in [0.5, 0.6) is 0 Å². The van der Waals surface area contributed by atoms with E-state index in [2.05, 4.69) is 23.5 Å². The van der Waals surface area contributed by atoms with Gasteiger partial charge in [-0.3, -0.25) is 0 Å². The summed E-state index contributed by atoms with van der Waals surface area (Å²) in [6.45, 7) is 1.61. The Hall–Kier alpha value is -1.82. The zero-order valence-electron chi connectivity index (χ0n) is 7.07. The summed E-state index contributed by atoms with van der Waals surface area (Å²) in [7, 11) is 0. The molecule has 0 aromatic heterocycles. The number of nitriles is 1. The van der Waals surface area contributed by atoms with E-state index in [1.807, 2.05) is 17.0 Å². The maximum atomic E-state index is 8.24. The topological polar surface area (TPSA) is 39.4 Å². The highest BCUT2D eigenvalue weighted by molar-refractivity contribution is 5.58. The van der Waals surface area contributed by atoms with Crippen molar-refractivity contribution in [3.63, 3.8) is 0 Å². The van der Waals surface area contributed by atoms with E-state index in [0.29, 0.717) is 0 Å². The van der Waals surface area contributed by atoms with E-state index in [0.717, 1.165) is 13.1 Å². The molecule has 0 amide bonds. The second-order valence-corrected chi connectivity index (χ2v) is 2.94. The number of hydrogen-bond donors (Lipinski definition) is 0. The van der Waals surface area contributed by atoms with E-state index < -0.39 is 0 Å². The van der Waals surface area contributed by atoms with Crippen LogP contribution >= 0.6 is 0 Å². The quantitative estimate of drug-likeness (QED) is 0.363. The van der Waals surface area contributed by atoms with Crippen LogP contribution in [0.4, 0.5) is 0 Å². The van der Waals surface area contributed by atoms with Crippen molar-refractivity contribution >= 4 is 6.34 Å². The Labute approximate surface area is 76.9 Å². The molecule has 13 heavy (non-hydrogen) atoms. The highest BCUT2D eigenvalue weighted by atomic mass is 15.2. The molecule has 1 aromatic carbocycles. The molecule has 2 rings (SSSR count). The SMILES string of the molecule is N#C/N=[C]\N1Cc2ccccc2C1. The molecule has 3 heteroatoms. The molecular weight excluding hydrogens is 162 g/mol. The Morgan fingerprint density at radius 3 is 2.38 bits per heavy atom. The van der Waals surface area contributed by atoms with Crippen LogP contribution in [0.25, 0.3) is 0 Å². The molecule has 0 saturated carbocycles. The first-order valence-corrected chi connectivity index (χ1v) is 4.06. The van der Waals surface area contributed by atoms with Gasteiger partial charge in [0.2, 0.25) is 6.19 Å². The van der Waals surface area contributed by atoms with Crippen molar-refractivity contribution in [2.24, 2.45) is 4.99 Å². The van der Waals surface area contributed by atoms with Crippen molar-refractivity contribution in [1.29, 1.82) is 5.26 Å². The van der Waals surface area contributed by atoms with Crippen LogP contribution in [-0.4, -0.2) is 11.2 Å². The summed E-state index contributed by atoms with van der Waals surface area (Å²) in [5.74, 6) is 0. The summed E-state index contributed by atoms with van der Waals surface area (Å²) in [5, 5.41) is 8.24. The smallest absolute Gasteiger partial charge is 0.207 e. The van der Waals surface area contributed by atoms with Crippen LogP contribution in [0.2, 0.25) is 0 Å². The predicted molar refractivity (Wildman–Crippen MR) is 48.7 cm³/mol. The molecule has 0 N–H and O–H groups in total. The van der Waals surface area contributed by atoms with Crippen molar-refractivity contribution in [2.75, 3.05) is 0 Å². The summed E-state index contributed by atoms with van der Waals surface area (Å²) in [4.78, 5) is 5.32. The first kappa shape index (κ1) is 7.81. The lowest BCUT2D eigenvalue weighted by Crippen LogP contribution is -2.12. The van der Waals surface area contributed by atoms with E-state index in [-0.39, 0.29) is 0 Å². The molecule has 1 aromatic rings. The van der Waals surface area contributed by atoms with Crippen LogP contribution in [0.15, 0.2) is 29.3 Å². The Kier molecular flexibility index (Phi) is 1.97. The van der Waals surface area contributed by atoms with Crippen molar-refractivity contribution < 1.29 is 0 Å². The first-order valence-electron chi connectivity index (χ1n) is 4.06. The Morgan fingerprint density at radius 1 is 1.23 bits per heavy atom. The zero-order chi connectivity index (χ0) is 9.10. The molecule has 0 fully saturated rings. The Balaban J connectivity index is 2.15. The molecular formula is C10H8N3. The maximum Gasteiger partial charge on any atom is 0.207 e. The summed E-state index contributed by atoms with van der Waals surface area (Å²) < 4.78 is 0. The average molecular weight is 170 g/mol. The molecule has 0 aliphatic carbocycles. The number of rotatable bonds is 1. The Bertz CT molecular complexity index is 351. The standard InChI is InChI=1S/C10H8N3/c11-7-12-8-13-5-9-3-1-2-4-10(9)6-13/h1-4H,5-6H2. The van der Waals surface area contributed by atoms with Crippen LogP contribution in [0.1, 0.15) is 11.1 Å². The van der Waals surface area contributed by atoms with Gasteiger partial charge >= 0.3 is 0 Å². The van der Waals surface area contributed by atoms with Gasteiger partial charge in [0.1, 0.15) is 0 Å². The fourth-order valence-electron chi connectivity index (χ4n) is 1.50. The molecule has 1 heterocycles. The maximum absolute atomic E-state index is 8.24. The van der Waals surface area contributed by atoms with E-state index >= 15 is 0 Å². The highest BCUT2D eigenvalue weighted by Crippen LogP contribution is 2.20. The van der Waals surface area contributed by atoms with E-state index in [1.54, 1.807) is 6.19 Å². The monoisotopic (exact) mass is 170 g/mol. The number of hydrogen-bond acceptors (Lipinski definition) is 2. The lowest BCUT2D eigenvalue weighted by Gasteiger charge is -2.05. The lowest BCUT2D eigenvalue weighted by molar-refractivity contribution is 0.462. The lowest BCUT2D eigenvalue weighted by atomic mass is 10.1. The minimum atomic E-state index is 0.807. The van der Waals surface area contributed by atoms with Crippen LogP contribution in [-0.2, 0) is 13.1 Å². The van der Waals surface area contributed by atoms with Crippen molar-refractivity contribution in [2.45, 2.75) is 13.1 Å². The van der Waals surface area contributed by atoms with Crippen LogP contribution in [0.3, 0.4) is 0 Å². The summed E-state index contributed by atoms with van der Waals surface area (Å²) >= 11 is 0. The minimum absolute atomic E-state index is 0.807. The molecule has 0 atom stereocenters. The fraction of sp³-hybridized carbons (Fsp3) is 0.200. The van der Waals surface area contributed by atoms with E-state index in [4.69, 9.17) is 5.26 Å².